The van der Waals surface area contributed by atoms with E-state index >= 15 is 0 Å². The van der Waals surface area contributed by atoms with Crippen molar-refractivity contribution in [1.29, 1.82) is 0 Å². The third kappa shape index (κ3) is 2.11. The van der Waals surface area contributed by atoms with Gasteiger partial charge in [-0.1, -0.05) is 41.9 Å². The van der Waals surface area contributed by atoms with Crippen LogP contribution in [0.2, 0.25) is 5.02 Å². The molecule has 0 saturated carbocycles. The number of nitrogens with zero attached hydrogens (tertiary/aromatic N) is 1. The van der Waals surface area contributed by atoms with Crippen LogP contribution in [0, 0.1) is 0 Å². The summed E-state index contributed by atoms with van der Waals surface area (Å²) in [5.41, 5.74) is 2.90. The van der Waals surface area contributed by atoms with E-state index in [4.69, 9.17) is 11.6 Å². The number of thiophene rings is 1. The van der Waals surface area contributed by atoms with Crippen LogP contribution in [0.15, 0.2) is 48.5 Å². The van der Waals surface area contributed by atoms with E-state index in [1.807, 2.05) is 24.3 Å². The summed E-state index contributed by atoms with van der Waals surface area (Å²) in [5, 5.41) is 1.80. The van der Waals surface area contributed by atoms with Crippen molar-refractivity contribution in [3.05, 3.63) is 69.6 Å². The number of amides is 3. The molecule has 2 aromatic carbocycles. The first kappa shape index (κ1) is 14.9. The Kier molecular flexibility index (Phi) is 3.37. The highest BCUT2D eigenvalue weighted by Gasteiger charge is 2.37. The van der Waals surface area contributed by atoms with Gasteiger partial charge in [-0.25, -0.2) is 0 Å². The molecule has 1 aliphatic rings. The minimum absolute atomic E-state index is 0.259. The van der Waals surface area contributed by atoms with Crippen LogP contribution < -0.4 is 5.43 Å². The first-order chi connectivity index (χ1) is 11.6. The molecule has 3 aromatic rings. The maximum atomic E-state index is 12.5. The lowest BCUT2D eigenvalue weighted by atomic mass is 10.1. The number of carbonyl (C=O) groups excluding carboxylic acids is 3. The van der Waals surface area contributed by atoms with Crippen LogP contribution in [-0.4, -0.2) is 22.7 Å². The average molecular weight is 357 g/mol. The standard InChI is InChI=1S/C17H9ClN2O3S/c18-13-11-7-3-4-8-12(11)24-14(13)15(21)19-20-16(22)9-5-1-2-6-10(9)17(20)23/h1-8H,(H,19,21). The van der Waals surface area contributed by atoms with E-state index < -0.39 is 17.7 Å². The number of benzene rings is 2. The molecule has 1 aromatic heterocycles. The summed E-state index contributed by atoms with van der Waals surface area (Å²) in [4.78, 5) is 37.3. The summed E-state index contributed by atoms with van der Waals surface area (Å²) in [7, 11) is 0. The molecule has 1 aliphatic heterocycles. The van der Waals surface area contributed by atoms with E-state index in [1.54, 1.807) is 24.3 Å². The van der Waals surface area contributed by atoms with Crippen molar-refractivity contribution in [3.63, 3.8) is 0 Å². The van der Waals surface area contributed by atoms with Crippen LogP contribution in [0.4, 0.5) is 0 Å². The fraction of sp³-hybridized carbons (Fsp3) is 0. The molecule has 0 spiro atoms. The molecule has 24 heavy (non-hydrogen) atoms. The molecule has 4 rings (SSSR count). The van der Waals surface area contributed by atoms with Gasteiger partial charge in [0.2, 0.25) is 0 Å². The van der Waals surface area contributed by atoms with Gasteiger partial charge >= 0.3 is 0 Å². The predicted molar refractivity (Wildman–Crippen MR) is 91.2 cm³/mol. The number of rotatable bonds is 2. The highest BCUT2D eigenvalue weighted by molar-refractivity contribution is 7.21. The smallest absolute Gasteiger partial charge is 0.267 e. The number of halogens is 1. The van der Waals surface area contributed by atoms with E-state index in [-0.39, 0.29) is 16.0 Å². The summed E-state index contributed by atoms with van der Waals surface area (Å²) < 4.78 is 0.856. The molecular weight excluding hydrogens is 348 g/mol. The third-order valence-electron chi connectivity index (χ3n) is 3.75. The topological polar surface area (TPSA) is 66.5 Å². The van der Waals surface area contributed by atoms with Crippen molar-refractivity contribution in [3.8, 4) is 0 Å². The average Bonchev–Trinajstić information content (AvgIpc) is 3.06. The zero-order valence-electron chi connectivity index (χ0n) is 12.1. The molecule has 0 fully saturated rings. The van der Waals surface area contributed by atoms with Crippen LogP contribution in [0.5, 0.6) is 0 Å². The number of hydrogen-bond donors (Lipinski definition) is 1. The molecule has 118 valence electrons. The van der Waals surface area contributed by atoms with Crippen molar-refractivity contribution >= 4 is 50.7 Å². The number of fused-ring (bicyclic) bond motifs is 2. The van der Waals surface area contributed by atoms with Crippen molar-refractivity contribution in [2.75, 3.05) is 0 Å². The van der Waals surface area contributed by atoms with Crippen molar-refractivity contribution in [1.82, 2.24) is 10.4 Å². The fourth-order valence-electron chi connectivity index (χ4n) is 2.60. The lowest BCUT2D eigenvalue weighted by molar-refractivity contribution is 0.0519. The van der Waals surface area contributed by atoms with Gasteiger partial charge in [0.15, 0.2) is 0 Å². The molecule has 2 heterocycles. The summed E-state index contributed by atoms with van der Waals surface area (Å²) in [5.74, 6) is -1.70. The van der Waals surface area contributed by atoms with Gasteiger partial charge in [-0.05, 0) is 18.2 Å². The zero-order chi connectivity index (χ0) is 16.8. The first-order valence-electron chi connectivity index (χ1n) is 7.04. The summed E-state index contributed by atoms with van der Waals surface area (Å²) in [6.07, 6.45) is 0. The van der Waals surface area contributed by atoms with Gasteiger partial charge in [-0.15, -0.1) is 11.3 Å². The van der Waals surface area contributed by atoms with Crippen molar-refractivity contribution < 1.29 is 14.4 Å². The lowest BCUT2D eigenvalue weighted by Gasteiger charge is -2.14. The Bertz CT molecular complexity index is 993. The number of hydrogen-bond acceptors (Lipinski definition) is 4. The zero-order valence-corrected chi connectivity index (χ0v) is 13.6. The van der Waals surface area contributed by atoms with Gasteiger partial charge in [0, 0.05) is 10.1 Å². The molecule has 0 bridgehead atoms. The Hall–Kier alpha value is -2.70. The van der Waals surface area contributed by atoms with Gasteiger partial charge in [0.1, 0.15) is 4.88 Å². The molecule has 0 saturated heterocycles. The number of nitrogens with one attached hydrogen (secondary N) is 1. The summed E-state index contributed by atoms with van der Waals surface area (Å²) >= 11 is 7.47. The molecule has 5 nitrogen and oxygen atoms in total. The Morgan fingerprint density at radius 2 is 1.54 bits per heavy atom. The van der Waals surface area contributed by atoms with Gasteiger partial charge in [0.25, 0.3) is 17.7 Å². The van der Waals surface area contributed by atoms with E-state index in [0.29, 0.717) is 5.02 Å². The maximum Gasteiger partial charge on any atom is 0.281 e. The minimum atomic E-state index is -0.587. The highest BCUT2D eigenvalue weighted by atomic mass is 35.5. The molecule has 0 unspecified atom stereocenters. The van der Waals surface area contributed by atoms with Crippen molar-refractivity contribution in [2.45, 2.75) is 0 Å². The monoisotopic (exact) mass is 356 g/mol. The second kappa shape index (κ2) is 5.43. The van der Waals surface area contributed by atoms with Crippen LogP contribution in [-0.2, 0) is 0 Å². The number of carbonyl (C=O) groups is 3. The normalized spacial score (nSPS) is 13.5. The number of hydrazine groups is 1. The predicted octanol–water partition coefficient (Wildman–Crippen LogP) is 3.50. The van der Waals surface area contributed by atoms with E-state index in [9.17, 15) is 14.4 Å². The SMILES string of the molecule is O=C(NN1C(=O)c2ccccc2C1=O)c1sc2ccccc2c1Cl. The van der Waals surface area contributed by atoms with Gasteiger partial charge in [0.05, 0.1) is 16.1 Å². The highest BCUT2D eigenvalue weighted by Crippen LogP contribution is 2.35. The van der Waals surface area contributed by atoms with Crippen LogP contribution in [0.3, 0.4) is 0 Å². The van der Waals surface area contributed by atoms with E-state index in [1.165, 1.54) is 11.3 Å². The second-order valence-electron chi connectivity index (χ2n) is 5.17. The van der Waals surface area contributed by atoms with E-state index in [2.05, 4.69) is 5.43 Å². The molecule has 1 N–H and O–H groups in total. The Labute approximate surface area is 145 Å². The van der Waals surface area contributed by atoms with Crippen molar-refractivity contribution in [2.24, 2.45) is 0 Å². The van der Waals surface area contributed by atoms with Crippen LogP contribution in [0.25, 0.3) is 10.1 Å². The number of imide groups is 1. The molecule has 0 aliphatic carbocycles. The van der Waals surface area contributed by atoms with Gasteiger partial charge in [-0.2, -0.15) is 5.01 Å². The Balaban J connectivity index is 1.66. The maximum absolute atomic E-state index is 12.5. The summed E-state index contributed by atoms with van der Waals surface area (Å²) in [6, 6.07) is 13.8. The Morgan fingerprint density at radius 1 is 0.958 bits per heavy atom. The lowest BCUT2D eigenvalue weighted by Crippen LogP contribution is -2.45. The molecule has 0 radical (unpaired) electrons. The largest absolute Gasteiger partial charge is 0.281 e. The van der Waals surface area contributed by atoms with Gasteiger partial charge in [-0.3, -0.25) is 19.8 Å². The quantitative estimate of drug-likeness (QED) is 0.715. The molecule has 0 atom stereocenters. The molecular formula is C17H9ClN2O3S. The fourth-order valence-corrected chi connectivity index (χ4v) is 4.01. The van der Waals surface area contributed by atoms with E-state index in [0.717, 1.165) is 15.1 Å². The molecule has 7 heteroatoms. The Morgan fingerprint density at radius 3 is 2.17 bits per heavy atom. The molecule has 3 amide bonds. The van der Waals surface area contributed by atoms with Gasteiger partial charge < -0.3 is 0 Å². The second-order valence-corrected chi connectivity index (χ2v) is 6.60. The minimum Gasteiger partial charge on any atom is -0.267 e. The van der Waals surface area contributed by atoms with Crippen LogP contribution >= 0.6 is 22.9 Å². The first-order valence-corrected chi connectivity index (χ1v) is 8.23. The summed E-state index contributed by atoms with van der Waals surface area (Å²) in [6.45, 7) is 0. The third-order valence-corrected chi connectivity index (χ3v) is 5.42. The van der Waals surface area contributed by atoms with Crippen LogP contribution in [0.1, 0.15) is 30.4 Å².